The highest BCUT2D eigenvalue weighted by Crippen LogP contribution is 2.44. The summed E-state index contributed by atoms with van der Waals surface area (Å²) in [7, 11) is 1.40. The number of hydrogen-bond acceptors (Lipinski definition) is 6. The molecule has 7 nitrogen and oxygen atoms in total. The number of methoxy groups -OCH3 is 1. The molecule has 4 rings (SSSR count). The van der Waals surface area contributed by atoms with Crippen molar-refractivity contribution in [3.05, 3.63) is 82.8 Å². The lowest BCUT2D eigenvalue weighted by Crippen LogP contribution is -2.29. The fourth-order valence-corrected chi connectivity index (χ4v) is 3.93. The number of anilines is 1. The first-order valence-electron chi connectivity index (χ1n) is 10.4. The van der Waals surface area contributed by atoms with Crippen LogP contribution in [0.2, 0.25) is 0 Å². The van der Waals surface area contributed by atoms with E-state index in [0.29, 0.717) is 5.76 Å². The van der Waals surface area contributed by atoms with Crippen molar-refractivity contribution < 1.29 is 41.8 Å². The second-order valence-electron chi connectivity index (χ2n) is 7.86. The summed E-state index contributed by atoms with van der Waals surface area (Å²) in [5.74, 6) is -1.97. The molecule has 3 aromatic rings. The van der Waals surface area contributed by atoms with Gasteiger partial charge in [0.05, 0.1) is 18.2 Å². The number of Topliss-reactive ketones (excluding diaryl/α,β-unsaturated/α-hetero) is 1. The van der Waals surface area contributed by atoms with Crippen molar-refractivity contribution in [2.24, 2.45) is 0 Å². The molecule has 1 atom stereocenters. The van der Waals surface area contributed by atoms with E-state index in [9.17, 15) is 27.9 Å². The summed E-state index contributed by atoms with van der Waals surface area (Å²) in [5, 5.41) is 11.2. The maximum Gasteiger partial charge on any atom is 0.573 e. The van der Waals surface area contributed by atoms with Gasteiger partial charge in [0.15, 0.2) is 0 Å². The van der Waals surface area contributed by atoms with Crippen molar-refractivity contribution in [3.63, 3.8) is 0 Å². The lowest BCUT2D eigenvalue weighted by molar-refractivity contribution is -0.274. The monoisotopic (exact) mass is 487 g/mol. The number of ketones is 1. The highest BCUT2D eigenvalue weighted by molar-refractivity contribution is 6.51. The molecule has 1 N–H and O–H groups in total. The van der Waals surface area contributed by atoms with Gasteiger partial charge in [0, 0.05) is 5.69 Å². The Kier molecular flexibility index (Phi) is 6.06. The molecule has 1 fully saturated rings. The minimum absolute atomic E-state index is 0.107. The van der Waals surface area contributed by atoms with Crippen LogP contribution in [0.3, 0.4) is 0 Å². The first-order valence-corrected chi connectivity index (χ1v) is 10.4. The van der Waals surface area contributed by atoms with Crippen LogP contribution in [0.5, 0.6) is 11.5 Å². The fraction of sp³-hybridized carbons (Fsp3) is 0.200. The van der Waals surface area contributed by atoms with Gasteiger partial charge in [-0.15, -0.1) is 13.2 Å². The predicted molar refractivity (Wildman–Crippen MR) is 119 cm³/mol. The molecule has 0 bridgehead atoms. The van der Waals surface area contributed by atoms with Crippen LogP contribution in [0.25, 0.3) is 5.76 Å². The minimum Gasteiger partial charge on any atom is -0.507 e. The van der Waals surface area contributed by atoms with Crippen LogP contribution in [0.1, 0.15) is 28.7 Å². The number of carbonyl (C=O) groups excluding carboxylic acids is 2. The molecule has 182 valence electrons. The summed E-state index contributed by atoms with van der Waals surface area (Å²) in [4.78, 5) is 27.4. The third-order valence-electron chi connectivity index (χ3n) is 5.43. The van der Waals surface area contributed by atoms with Crippen LogP contribution in [-0.4, -0.2) is 30.3 Å². The van der Waals surface area contributed by atoms with Crippen molar-refractivity contribution in [1.82, 2.24) is 0 Å². The third kappa shape index (κ3) is 4.59. The summed E-state index contributed by atoms with van der Waals surface area (Å²) in [6, 6.07) is 11.5. The van der Waals surface area contributed by atoms with Gasteiger partial charge in [-0.3, -0.25) is 14.5 Å². The van der Waals surface area contributed by atoms with Crippen LogP contribution in [0.4, 0.5) is 18.9 Å². The number of amides is 1. The number of nitrogens with zero attached hydrogens (tertiary/aromatic N) is 1. The van der Waals surface area contributed by atoms with Crippen molar-refractivity contribution in [2.75, 3.05) is 12.0 Å². The number of aryl methyl sites for hydroxylation is 2. The normalized spacial score (nSPS) is 17.7. The number of hydrogen-bond donors (Lipinski definition) is 1. The van der Waals surface area contributed by atoms with E-state index in [1.165, 1.54) is 19.2 Å². The van der Waals surface area contributed by atoms with E-state index < -0.39 is 35.6 Å². The molecule has 2 heterocycles. The Labute approximate surface area is 198 Å². The van der Waals surface area contributed by atoms with Gasteiger partial charge in [0.2, 0.25) is 0 Å². The quantitative estimate of drug-likeness (QED) is 0.293. The molecule has 2 aromatic carbocycles. The number of benzene rings is 2. The Morgan fingerprint density at radius 3 is 2.29 bits per heavy atom. The molecular weight excluding hydrogens is 467 g/mol. The SMILES string of the molecule is COc1ccc(C)cc1/C(O)=C1\C(=O)C(=O)N(c2ccc(OC(F)(F)F)cc2)C1c1ccc(C)o1. The highest BCUT2D eigenvalue weighted by atomic mass is 19.4. The molecule has 0 spiro atoms. The maximum absolute atomic E-state index is 13.2. The van der Waals surface area contributed by atoms with Crippen LogP contribution in [-0.2, 0) is 9.59 Å². The maximum atomic E-state index is 13.2. The lowest BCUT2D eigenvalue weighted by atomic mass is 9.97. The molecule has 1 amide bonds. The topological polar surface area (TPSA) is 89.2 Å². The average Bonchev–Trinajstić information content (AvgIpc) is 3.33. The van der Waals surface area contributed by atoms with Crippen molar-refractivity contribution >= 4 is 23.1 Å². The zero-order valence-electron chi connectivity index (χ0n) is 18.8. The van der Waals surface area contributed by atoms with Gasteiger partial charge >= 0.3 is 6.36 Å². The Balaban J connectivity index is 1.88. The summed E-state index contributed by atoms with van der Waals surface area (Å²) in [6.45, 7) is 3.45. The molecule has 0 saturated carbocycles. The van der Waals surface area contributed by atoms with E-state index in [4.69, 9.17) is 9.15 Å². The Morgan fingerprint density at radius 2 is 1.71 bits per heavy atom. The Bertz CT molecular complexity index is 1320. The Morgan fingerprint density at radius 1 is 1.03 bits per heavy atom. The molecule has 1 aliphatic rings. The van der Waals surface area contributed by atoms with Gasteiger partial charge < -0.3 is 19.0 Å². The standard InChI is InChI=1S/C25H20F3NO6/c1-13-4-10-18(33-3)17(12-13)22(30)20-21(19-11-5-14(2)34-19)29(24(32)23(20)31)15-6-8-16(9-7-15)35-25(26,27)28/h4-12,21,30H,1-3H3/b22-20+. The summed E-state index contributed by atoms with van der Waals surface area (Å²) >= 11 is 0. The first kappa shape index (κ1) is 23.9. The van der Waals surface area contributed by atoms with Crippen LogP contribution in [0.15, 0.2) is 64.6 Å². The molecule has 0 aliphatic carbocycles. The number of aliphatic hydroxyl groups is 1. The molecule has 1 aromatic heterocycles. The number of alkyl halides is 3. The van der Waals surface area contributed by atoms with E-state index in [1.807, 2.05) is 0 Å². The van der Waals surface area contributed by atoms with E-state index in [-0.39, 0.29) is 28.3 Å². The smallest absolute Gasteiger partial charge is 0.507 e. The number of ether oxygens (including phenoxy) is 2. The fourth-order valence-electron chi connectivity index (χ4n) is 3.93. The van der Waals surface area contributed by atoms with Gasteiger partial charge in [-0.1, -0.05) is 11.6 Å². The molecule has 10 heteroatoms. The first-order chi connectivity index (χ1) is 16.5. The van der Waals surface area contributed by atoms with Crippen LogP contribution in [0, 0.1) is 13.8 Å². The zero-order chi connectivity index (χ0) is 25.5. The van der Waals surface area contributed by atoms with E-state index in [1.54, 1.807) is 44.2 Å². The van der Waals surface area contributed by atoms with Crippen molar-refractivity contribution in [3.8, 4) is 11.5 Å². The van der Waals surface area contributed by atoms with Gasteiger partial charge in [-0.2, -0.15) is 0 Å². The van der Waals surface area contributed by atoms with Gasteiger partial charge in [0.1, 0.15) is 34.8 Å². The van der Waals surface area contributed by atoms with Crippen LogP contribution >= 0.6 is 0 Å². The molecule has 1 unspecified atom stereocenters. The second-order valence-corrected chi connectivity index (χ2v) is 7.86. The minimum atomic E-state index is -4.89. The predicted octanol–water partition coefficient (Wildman–Crippen LogP) is 5.43. The number of halogens is 3. The number of aliphatic hydroxyl groups excluding tert-OH is 1. The van der Waals surface area contributed by atoms with E-state index in [2.05, 4.69) is 4.74 Å². The zero-order valence-corrected chi connectivity index (χ0v) is 18.8. The van der Waals surface area contributed by atoms with Gasteiger partial charge in [-0.05, 0) is 62.4 Å². The molecule has 35 heavy (non-hydrogen) atoms. The van der Waals surface area contributed by atoms with E-state index in [0.717, 1.165) is 22.6 Å². The lowest BCUT2D eigenvalue weighted by Gasteiger charge is -2.24. The third-order valence-corrected chi connectivity index (χ3v) is 5.43. The average molecular weight is 487 g/mol. The summed E-state index contributed by atoms with van der Waals surface area (Å²) in [5.41, 5.74) is 0.833. The van der Waals surface area contributed by atoms with Crippen molar-refractivity contribution in [2.45, 2.75) is 26.3 Å². The van der Waals surface area contributed by atoms with Gasteiger partial charge in [-0.25, -0.2) is 0 Å². The second kappa shape index (κ2) is 8.86. The van der Waals surface area contributed by atoms with Gasteiger partial charge in [0.25, 0.3) is 11.7 Å². The molecule has 1 aliphatic heterocycles. The highest BCUT2D eigenvalue weighted by Gasteiger charge is 2.48. The van der Waals surface area contributed by atoms with E-state index >= 15 is 0 Å². The molecule has 0 radical (unpaired) electrons. The number of carbonyl (C=O) groups is 2. The Hall–Kier alpha value is -4.21. The summed E-state index contributed by atoms with van der Waals surface area (Å²) < 4.78 is 52.5. The summed E-state index contributed by atoms with van der Waals surface area (Å²) in [6.07, 6.45) is -4.89. The van der Waals surface area contributed by atoms with Crippen LogP contribution < -0.4 is 14.4 Å². The molecular formula is C25H20F3NO6. The number of rotatable bonds is 5. The number of furan rings is 1. The molecule has 1 saturated heterocycles. The largest absolute Gasteiger partial charge is 0.573 e. The van der Waals surface area contributed by atoms with Crippen molar-refractivity contribution in [1.29, 1.82) is 0 Å².